The number of ketones is 1. The standard InChI is InChI=1S/C19H19ClO3/c1-19(2,12-18(22)23)11-17(21)15-5-3-13(4-6-15)14-7-9-16(20)10-8-14/h3-10H,11-12H2,1-2H3,(H,22,23). The zero-order valence-electron chi connectivity index (χ0n) is 13.2. The van der Waals surface area contributed by atoms with Crippen molar-refractivity contribution in [2.24, 2.45) is 5.41 Å². The number of halogens is 1. The van der Waals surface area contributed by atoms with E-state index >= 15 is 0 Å². The van der Waals surface area contributed by atoms with Crippen LogP contribution in [0.15, 0.2) is 48.5 Å². The SMILES string of the molecule is CC(C)(CC(=O)O)CC(=O)c1ccc(-c2ccc(Cl)cc2)cc1. The number of aliphatic carboxylic acids is 1. The molecule has 4 heteroatoms. The lowest BCUT2D eigenvalue weighted by atomic mass is 9.82. The predicted molar refractivity (Wildman–Crippen MR) is 91.9 cm³/mol. The summed E-state index contributed by atoms with van der Waals surface area (Å²) in [5.41, 5.74) is 2.07. The van der Waals surface area contributed by atoms with E-state index in [0.29, 0.717) is 10.6 Å². The fraction of sp³-hybridized carbons (Fsp3) is 0.263. The monoisotopic (exact) mass is 330 g/mol. The summed E-state index contributed by atoms with van der Waals surface area (Å²) in [4.78, 5) is 23.2. The average Bonchev–Trinajstić information content (AvgIpc) is 2.46. The van der Waals surface area contributed by atoms with Crippen LogP contribution in [0.3, 0.4) is 0 Å². The summed E-state index contributed by atoms with van der Waals surface area (Å²) in [6.07, 6.45) is 0.182. The first kappa shape index (κ1) is 17.2. The van der Waals surface area contributed by atoms with E-state index in [-0.39, 0.29) is 18.6 Å². The van der Waals surface area contributed by atoms with Crippen LogP contribution in [0.2, 0.25) is 5.02 Å². The van der Waals surface area contributed by atoms with Gasteiger partial charge in [0.25, 0.3) is 0 Å². The van der Waals surface area contributed by atoms with Gasteiger partial charge in [0.1, 0.15) is 0 Å². The van der Waals surface area contributed by atoms with Gasteiger partial charge in [-0.1, -0.05) is 61.8 Å². The minimum absolute atomic E-state index is 0.0262. The van der Waals surface area contributed by atoms with Crippen LogP contribution in [0.4, 0.5) is 0 Å². The van der Waals surface area contributed by atoms with Crippen molar-refractivity contribution in [3.8, 4) is 11.1 Å². The lowest BCUT2D eigenvalue weighted by Gasteiger charge is -2.21. The lowest BCUT2D eigenvalue weighted by molar-refractivity contribution is -0.139. The van der Waals surface area contributed by atoms with E-state index in [0.717, 1.165) is 11.1 Å². The molecule has 23 heavy (non-hydrogen) atoms. The molecule has 0 atom stereocenters. The van der Waals surface area contributed by atoms with E-state index < -0.39 is 11.4 Å². The van der Waals surface area contributed by atoms with Crippen molar-refractivity contribution in [1.29, 1.82) is 0 Å². The molecule has 0 saturated carbocycles. The summed E-state index contributed by atoms with van der Waals surface area (Å²) in [6.45, 7) is 3.59. The van der Waals surface area contributed by atoms with Gasteiger partial charge in [0, 0.05) is 17.0 Å². The highest BCUT2D eigenvalue weighted by molar-refractivity contribution is 6.30. The molecule has 0 radical (unpaired) electrons. The van der Waals surface area contributed by atoms with Crippen LogP contribution >= 0.6 is 11.6 Å². The second kappa shape index (κ2) is 6.97. The average molecular weight is 331 g/mol. The Morgan fingerprint density at radius 1 is 0.913 bits per heavy atom. The maximum atomic E-state index is 12.3. The van der Waals surface area contributed by atoms with Crippen LogP contribution in [0.5, 0.6) is 0 Å². The third kappa shape index (κ3) is 4.93. The molecule has 0 saturated heterocycles. The van der Waals surface area contributed by atoms with Gasteiger partial charge in [0.05, 0.1) is 6.42 Å². The Bertz CT molecular complexity index is 700. The molecule has 2 aromatic carbocycles. The van der Waals surface area contributed by atoms with Crippen LogP contribution < -0.4 is 0 Å². The van der Waals surface area contributed by atoms with Crippen molar-refractivity contribution >= 4 is 23.4 Å². The second-order valence-corrected chi connectivity index (χ2v) is 6.86. The third-order valence-corrected chi connectivity index (χ3v) is 3.91. The summed E-state index contributed by atoms with van der Waals surface area (Å²) in [7, 11) is 0. The molecule has 0 amide bonds. The van der Waals surface area contributed by atoms with Crippen molar-refractivity contribution in [1.82, 2.24) is 0 Å². The van der Waals surface area contributed by atoms with Crippen molar-refractivity contribution in [3.05, 3.63) is 59.1 Å². The third-order valence-electron chi connectivity index (χ3n) is 3.65. The molecule has 0 aliphatic heterocycles. The number of hydrogen-bond donors (Lipinski definition) is 1. The first-order chi connectivity index (χ1) is 10.8. The molecular formula is C19H19ClO3. The van der Waals surface area contributed by atoms with Crippen LogP contribution in [-0.2, 0) is 4.79 Å². The number of carbonyl (C=O) groups excluding carboxylic acids is 1. The minimum atomic E-state index is -0.888. The molecule has 0 heterocycles. The smallest absolute Gasteiger partial charge is 0.303 e. The van der Waals surface area contributed by atoms with Gasteiger partial charge >= 0.3 is 5.97 Å². The molecule has 0 unspecified atom stereocenters. The number of rotatable bonds is 6. The van der Waals surface area contributed by atoms with Crippen LogP contribution in [0, 0.1) is 5.41 Å². The van der Waals surface area contributed by atoms with Crippen molar-refractivity contribution in [2.45, 2.75) is 26.7 Å². The van der Waals surface area contributed by atoms with E-state index in [2.05, 4.69) is 0 Å². The normalized spacial score (nSPS) is 11.3. The minimum Gasteiger partial charge on any atom is -0.481 e. The van der Waals surface area contributed by atoms with E-state index in [1.54, 1.807) is 26.0 Å². The summed E-state index contributed by atoms with van der Waals surface area (Å²) in [5.74, 6) is -0.931. The molecule has 0 aliphatic carbocycles. The topological polar surface area (TPSA) is 54.4 Å². The van der Waals surface area contributed by atoms with Gasteiger partial charge in [-0.05, 0) is 28.7 Å². The summed E-state index contributed by atoms with van der Waals surface area (Å²) in [6, 6.07) is 14.8. The molecule has 0 aromatic heterocycles. The number of carboxylic acids is 1. The molecule has 2 aromatic rings. The molecular weight excluding hydrogens is 312 g/mol. The Balaban J connectivity index is 2.11. The second-order valence-electron chi connectivity index (χ2n) is 6.42. The maximum absolute atomic E-state index is 12.3. The fourth-order valence-electron chi connectivity index (χ4n) is 2.50. The predicted octanol–water partition coefficient (Wildman–Crippen LogP) is 5.08. The molecule has 120 valence electrons. The Labute approximate surface area is 140 Å². The Morgan fingerprint density at radius 2 is 1.39 bits per heavy atom. The summed E-state index contributed by atoms with van der Waals surface area (Å²) in [5, 5.41) is 9.58. The molecule has 1 N–H and O–H groups in total. The Hall–Kier alpha value is -2.13. The zero-order valence-corrected chi connectivity index (χ0v) is 13.9. The zero-order chi connectivity index (χ0) is 17.0. The van der Waals surface area contributed by atoms with Crippen LogP contribution in [-0.4, -0.2) is 16.9 Å². The summed E-state index contributed by atoms with van der Waals surface area (Å²) < 4.78 is 0. The molecule has 0 fully saturated rings. The number of carbonyl (C=O) groups is 2. The van der Waals surface area contributed by atoms with E-state index in [4.69, 9.17) is 16.7 Å². The fourth-order valence-corrected chi connectivity index (χ4v) is 2.63. The highest BCUT2D eigenvalue weighted by Gasteiger charge is 2.25. The van der Waals surface area contributed by atoms with Crippen LogP contribution in [0.25, 0.3) is 11.1 Å². The van der Waals surface area contributed by atoms with Gasteiger partial charge in [-0.2, -0.15) is 0 Å². The van der Waals surface area contributed by atoms with E-state index in [1.807, 2.05) is 36.4 Å². The maximum Gasteiger partial charge on any atom is 0.303 e. The van der Waals surface area contributed by atoms with Gasteiger partial charge in [0.2, 0.25) is 0 Å². The molecule has 2 rings (SSSR count). The van der Waals surface area contributed by atoms with E-state index in [1.165, 1.54) is 0 Å². The Morgan fingerprint density at radius 3 is 1.87 bits per heavy atom. The highest BCUT2D eigenvalue weighted by Crippen LogP contribution is 2.28. The molecule has 0 spiro atoms. The number of benzene rings is 2. The molecule has 0 bridgehead atoms. The number of hydrogen-bond acceptors (Lipinski definition) is 2. The van der Waals surface area contributed by atoms with Crippen LogP contribution in [0.1, 0.15) is 37.0 Å². The summed E-state index contributed by atoms with van der Waals surface area (Å²) >= 11 is 5.88. The van der Waals surface area contributed by atoms with Crippen molar-refractivity contribution in [3.63, 3.8) is 0 Å². The Kier molecular flexibility index (Phi) is 5.22. The quantitative estimate of drug-likeness (QED) is 0.751. The van der Waals surface area contributed by atoms with Gasteiger partial charge < -0.3 is 5.11 Å². The number of carboxylic acid groups (broad SMARTS) is 1. The van der Waals surface area contributed by atoms with Gasteiger partial charge in [-0.25, -0.2) is 0 Å². The molecule has 3 nitrogen and oxygen atoms in total. The van der Waals surface area contributed by atoms with Crippen molar-refractivity contribution < 1.29 is 14.7 Å². The molecule has 0 aliphatic rings. The van der Waals surface area contributed by atoms with Gasteiger partial charge in [-0.15, -0.1) is 0 Å². The lowest BCUT2D eigenvalue weighted by Crippen LogP contribution is -2.21. The first-order valence-corrected chi connectivity index (χ1v) is 7.76. The van der Waals surface area contributed by atoms with Gasteiger partial charge in [-0.3, -0.25) is 9.59 Å². The van der Waals surface area contributed by atoms with Gasteiger partial charge in [0.15, 0.2) is 5.78 Å². The first-order valence-electron chi connectivity index (χ1n) is 7.38. The largest absolute Gasteiger partial charge is 0.481 e. The van der Waals surface area contributed by atoms with E-state index in [9.17, 15) is 9.59 Å². The van der Waals surface area contributed by atoms with Crippen molar-refractivity contribution in [2.75, 3.05) is 0 Å². The number of Topliss-reactive ketones (excluding diaryl/α,β-unsaturated/α-hetero) is 1. The highest BCUT2D eigenvalue weighted by atomic mass is 35.5.